The molecule has 2 N–H and O–H groups in total. The van der Waals surface area contributed by atoms with E-state index in [1.54, 1.807) is 12.1 Å². The highest BCUT2D eigenvalue weighted by Crippen LogP contribution is 2.23. The van der Waals surface area contributed by atoms with Gasteiger partial charge < -0.3 is 19.6 Å². The number of H-pyrrole nitrogens is 1. The highest BCUT2D eigenvalue weighted by molar-refractivity contribution is 5.98. The molecule has 0 bridgehead atoms. The first-order chi connectivity index (χ1) is 16.0. The van der Waals surface area contributed by atoms with Crippen LogP contribution in [0.1, 0.15) is 23.0 Å². The molecule has 2 aromatic heterocycles. The Bertz CT molecular complexity index is 1380. The number of carbonyl (C=O) groups excluding carboxylic acids is 2. The van der Waals surface area contributed by atoms with Crippen molar-refractivity contribution in [2.24, 2.45) is 0 Å². The predicted molar refractivity (Wildman–Crippen MR) is 126 cm³/mol. The van der Waals surface area contributed by atoms with Gasteiger partial charge in [-0.2, -0.15) is 0 Å². The Morgan fingerprint density at radius 3 is 2.58 bits per heavy atom. The fourth-order valence-corrected chi connectivity index (χ4v) is 4.35. The number of carbonyl (C=O) groups is 2. The molecule has 8 heteroatoms. The molecule has 1 aliphatic rings. The zero-order chi connectivity index (χ0) is 22.9. The zero-order valence-electron chi connectivity index (χ0n) is 18.3. The summed E-state index contributed by atoms with van der Waals surface area (Å²) in [6.45, 7) is 4.64. The number of para-hydroxylation sites is 1. The number of hydrogen-bond donors (Lipinski definition) is 2. The Hall–Kier alpha value is -3.91. The molecule has 0 unspecified atom stereocenters. The first-order valence-electron chi connectivity index (χ1n) is 10.9. The fraction of sp³-hybridized carbons (Fsp3) is 0.240. The highest BCUT2D eigenvalue weighted by atomic mass is 16.4. The first kappa shape index (κ1) is 21.0. The van der Waals surface area contributed by atoms with Crippen LogP contribution < -0.4 is 10.9 Å². The third-order valence-corrected chi connectivity index (χ3v) is 5.96. The van der Waals surface area contributed by atoms with Crippen LogP contribution in [0.15, 0.2) is 63.8 Å². The summed E-state index contributed by atoms with van der Waals surface area (Å²) in [7, 11) is 0. The van der Waals surface area contributed by atoms with Crippen molar-refractivity contribution in [2.75, 3.05) is 31.5 Å². The molecule has 1 saturated heterocycles. The number of benzene rings is 2. The number of aromatic nitrogens is 1. The van der Waals surface area contributed by atoms with Gasteiger partial charge in [-0.15, -0.1) is 0 Å². The third kappa shape index (κ3) is 4.38. The van der Waals surface area contributed by atoms with Gasteiger partial charge in [-0.25, -0.2) is 4.79 Å². The Kier molecular flexibility index (Phi) is 5.43. The molecular formula is C25H24N4O4. The van der Waals surface area contributed by atoms with Gasteiger partial charge in [0.2, 0.25) is 5.91 Å². The Balaban J connectivity index is 1.28. The van der Waals surface area contributed by atoms with Crippen LogP contribution in [-0.2, 0) is 11.3 Å². The van der Waals surface area contributed by atoms with Gasteiger partial charge in [-0.05, 0) is 29.8 Å². The number of piperazine rings is 1. The largest absolute Gasteiger partial charge is 0.423 e. The van der Waals surface area contributed by atoms with Gasteiger partial charge in [0, 0.05) is 73.8 Å². The second-order valence-corrected chi connectivity index (χ2v) is 8.32. The summed E-state index contributed by atoms with van der Waals surface area (Å²) in [4.78, 5) is 43.7. The topological polar surface area (TPSA) is 98.6 Å². The van der Waals surface area contributed by atoms with Crippen molar-refractivity contribution < 1.29 is 14.0 Å². The molecule has 0 aliphatic carbocycles. The summed E-state index contributed by atoms with van der Waals surface area (Å²) in [5.41, 5.74) is 3.02. The van der Waals surface area contributed by atoms with E-state index in [9.17, 15) is 14.4 Å². The van der Waals surface area contributed by atoms with Gasteiger partial charge in [0.15, 0.2) is 0 Å². The van der Waals surface area contributed by atoms with E-state index >= 15 is 0 Å². The molecule has 3 heterocycles. The quantitative estimate of drug-likeness (QED) is 0.471. The van der Waals surface area contributed by atoms with Crippen LogP contribution in [0.25, 0.3) is 21.9 Å². The highest BCUT2D eigenvalue weighted by Gasteiger charge is 2.24. The lowest BCUT2D eigenvalue weighted by Gasteiger charge is -2.34. The number of nitrogens with one attached hydrogen (secondary N) is 2. The van der Waals surface area contributed by atoms with Gasteiger partial charge in [-0.3, -0.25) is 14.5 Å². The monoisotopic (exact) mass is 444 g/mol. The molecule has 0 atom stereocenters. The van der Waals surface area contributed by atoms with Crippen LogP contribution in [0, 0.1) is 0 Å². The van der Waals surface area contributed by atoms with E-state index in [0.717, 1.165) is 21.9 Å². The molecule has 168 valence electrons. The van der Waals surface area contributed by atoms with Crippen LogP contribution >= 0.6 is 0 Å². The standard InChI is InChI=1S/C25H24N4O4/c1-16(30)26-19-6-7-20-18(13-24(31)33-23(20)14-19)15-28-8-10-29(11-9-28)25(32)22-12-17-4-2-3-5-21(17)27-22/h2-7,12-14,27H,8-11,15H2,1H3,(H,26,30). The van der Waals surface area contributed by atoms with E-state index in [4.69, 9.17) is 4.42 Å². The van der Waals surface area contributed by atoms with Crippen LogP contribution in [0.3, 0.4) is 0 Å². The van der Waals surface area contributed by atoms with Crippen LogP contribution in [-0.4, -0.2) is 52.8 Å². The van der Waals surface area contributed by atoms with Crippen LogP contribution in [0.4, 0.5) is 5.69 Å². The number of hydrogen-bond acceptors (Lipinski definition) is 5. The van der Waals surface area contributed by atoms with Crippen molar-refractivity contribution in [3.63, 3.8) is 0 Å². The number of fused-ring (bicyclic) bond motifs is 2. The maximum atomic E-state index is 13.0. The third-order valence-electron chi connectivity index (χ3n) is 5.96. The van der Waals surface area contributed by atoms with Crippen molar-refractivity contribution in [1.29, 1.82) is 0 Å². The Labute approximate surface area is 189 Å². The number of nitrogens with zero attached hydrogens (tertiary/aromatic N) is 2. The average Bonchev–Trinajstić information content (AvgIpc) is 3.23. The normalized spacial score (nSPS) is 14.6. The number of aromatic amines is 1. The van der Waals surface area contributed by atoms with E-state index in [0.29, 0.717) is 49.7 Å². The first-order valence-corrected chi connectivity index (χ1v) is 10.9. The minimum absolute atomic E-state index is 0.00200. The van der Waals surface area contributed by atoms with Gasteiger partial charge in [0.05, 0.1) is 0 Å². The molecule has 8 nitrogen and oxygen atoms in total. The van der Waals surface area contributed by atoms with Crippen molar-refractivity contribution in [1.82, 2.24) is 14.8 Å². The molecule has 0 saturated carbocycles. The lowest BCUT2D eigenvalue weighted by Crippen LogP contribution is -2.48. The minimum atomic E-state index is -0.426. The Morgan fingerprint density at radius 2 is 1.82 bits per heavy atom. The molecule has 5 rings (SSSR count). The molecule has 2 amide bonds. The SMILES string of the molecule is CC(=O)Nc1ccc2c(CN3CCN(C(=O)c4cc5ccccc5[nH]4)CC3)cc(=O)oc2c1. The molecule has 1 aliphatic heterocycles. The molecule has 0 spiro atoms. The molecule has 1 fully saturated rings. The van der Waals surface area contributed by atoms with E-state index in [1.165, 1.54) is 13.0 Å². The van der Waals surface area contributed by atoms with Crippen molar-refractivity contribution in [3.05, 3.63) is 76.3 Å². The van der Waals surface area contributed by atoms with Gasteiger partial charge in [0.1, 0.15) is 11.3 Å². The molecule has 0 radical (unpaired) electrons. The zero-order valence-corrected chi connectivity index (χ0v) is 18.3. The molecular weight excluding hydrogens is 420 g/mol. The van der Waals surface area contributed by atoms with E-state index in [-0.39, 0.29) is 11.8 Å². The van der Waals surface area contributed by atoms with Gasteiger partial charge in [-0.1, -0.05) is 18.2 Å². The number of rotatable bonds is 4. The average molecular weight is 444 g/mol. The summed E-state index contributed by atoms with van der Waals surface area (Å²) >= 11 is 0. The second-order valence-electron chi connectivity index (χ2n) is 8.32. The maximum Gasteiger partial charge on any atom is 0.336 e. The summed E-state index contributed by atoms with van der Waals surface area (Å²) < 4.78 is 5.35. The minimum Gasteiger partial charge on any atom is -0.423 e. The Morgan fingerprint density at radius 1 is 1.03 bits per heavy atom. The van der Waals surface area contributed by atoms with Gasteiger partial charge >= 0.3 is 5.63 Å². The lowest BCUT2D eigenvalue weighted by molar-refractivity contribution is -0.114. The summed E-state index contributed by atoms with van der Waals surface area (Å²) in [5.74, 6) is -0.185. The van der Waals surface area contributed by atoms with Crippen LogP contribution in [0.2, 0.25) is 0 Å². The second kappa shape index (κ2) is 8.55. The number of amides is 2. The van der Waals surface area contributed by atoms with Crippen molar-refractivity contribution in [3.8, 4) is 0 Å². The van der Waals surface area contributed by atoms with E-state index in [1.807, 2.05) is 41.3 Å². The van der Waals surface area contributed by atoms with E-state index < -0.39 is 5.63 Å². The predicted octanol–water partition coefficient (Wildman–Crippen LogP) is 3.19. The van der Waals surface area contributed by atoms with Crippen molar-refractivity contribution in [2.45, 2.75) is 13.5 Å². The van der Waals surface area contributed by atoms with Crippen LogP contribution in [0.5, 0.6) is 0 Å². The van der Waals surface area contributed by atoms with Gasteiger partial charge in [0.25, 0.3) is 5.91 Å². The molecule has 4 aromatic rings. The maximum absolute atomic E-state index is 13.0. The molecule has 33 heavy (non-hydrogen) atoms. The summed E-state index contributed by atoms with van der Waals surface area (Å²) in [6.07, 6.45) is 0. The summed E-state index contributed by atoms with van der Waals surface area (Å²) in [6, 6.07) is 16.6. The van der Waals surface area contributed by atoms with E-state index in [2.05, 4.69) is 15.2 Å². The summed E-state index contributed by atoms with van der Waals surface area (Å²) in [5, 5.41) is 4.56. The van der Waals surface area contributed by atoms with Crippen molar-refractivity contribution >= 4 is 39.4 Å². The number of anilines is 1. The smallest absolute Gasteiger partial charge is 0.336 e. The fourth-order valence-electron chi connectivity index (χ4n) is 4.35. The molecule has 2 aromatic carbocycles. The lowest BCUT2D eigenvalue weighted by atomic mass is 10.1.